The van der Waals surface area contributed by atoms with E-state index in [1.165, 1.54) is 0 Å². The molecule has 0 saturated carbocycles. The minimum absolute atomic E-state index is 0.146. The quantitative estimate of drug-likeness (QED) is 0.235. The summed E-state index contributed by atoms with van der Waals surface area (Å²) in [7, 11) is 0. The molecule has 0 aliphatic carbocycles. The van der Waals surface area contributed by atoms with E-state index in [1.54, 1.807) is 9.13 Å². The van der Waals surface area contributed by atoms with Crippen molar-refractivity contribution in [3.63, 3.8) is 0 Å². The summed E-state index contributed by atoms with van der Waals surface area (Å²) in [5.41, 5.74) is 5.83. The maximum atomic E-state index is 9.15. The number of hydrogen-bond donors (Lipinski definition) is 0. The van der Waals surface area contributed by atoms with Crippen LogP contribution in [0.4, 0.5) is 0 Å². The molecular formula is C36H22N2O. The first kappa shape index (κ1) is 15.9. The molecule has 3 aromatic heterocycles. The van der Waals surface area contributed by atoms with Gasteiger partial charge in [0.25, 0.3) is 0 Å². The van der Waals surface area contributed by atoms with Crippen LogP contribution in [0.2, 0.25) is 0 Å². The molecule has 3 heteroatoms. The molecule has 0 amide bonds. The fourth-order valence-electron chi connectivity index (χ4n) is 6.00. The van der Waals surface area contributed by atoms with Crippen LogP contribution in [0.3, 0.4) is 0 Å². The lowest BCUT2D eigenvalue weighted by atomic mass is 10.1. The second-order valence-electron chi connectivity index (χ2n) is 9.73. The van der Waals surface area contributed by atoms with E-state index < -0.39 is 0 Å². The molecule has 182 valence electrons. The molecule has 0 N–H and O–H groups in total. The Morgan fingerprint density at radius 1 is 0.538 bits per heavy atom. The van der Waals surface area contributed by atoms with Gasteiger partial charge < -0.3 is 13.6 Å². The Labute approximate surface area is 232 Å². The fraction of sp³-hybridized carbons (Fsp3) is 0. The van der Waals surface area contributed by atoms with Crippen molar-refractivity contribution in [1.82, 2.24) is 9.13 Å². The Hall–Kier alpha value is -5.28. The lowest BCUT2D eigenvalue weighted by Gasteiger charge is -2.13. The van der Waals surface area contributed by atoms with Crippen LogP contribution in [0.25, 0.3) is 77.3 Å². The van der Waals surface area contributed by atoms with Crippen molar-refractivity contribution in [3.05, 3.63) is 133 Å². The summed E-state index contributed by atoms with van der Waals surface area (Å²) >= 11 is 0. The molecule has 0 atom stereocenters. The van der Waals surface area contributed by atoms with E-state index in [-0.39, 0.29) is 36.3 Å². The normalized spacial score (nSPS) is 14.3. The van der Waals surface area contributed by atoms with Crippen LogP contribution < -0.4 is 0 Å². The number of furan rings is 1. The highest BCUT2D eigenvalue weighted by molar-refractivity contribution is 6.25. The van der Waals surface area contributed by atoms with Crippen molar-refractivity contribution >= 4 is 54.8 Å². The highest BCUT2D eigenvalue weighted by Crippen LogP contribution is 2.44. The summed E-state index contributed by atoms with van der Waals surface area (Å²) < 4.78 is 64.3. The SMILES string of the molecule is [2H]c1c([2H])c2c3c4c(c([2H])c([2H])c([2H])c4n(-c4cccc5c4oc4ccccc45)c3c1[2H])n2-c1cccc(-c2ccccc2)c1. The van der Waals surface area contributed by atoms with Gasteiger partial charge in [-0.15, -0.1) is 0 Å². The number of rotatable bonds is 3. The van der Waals surface area contributed by atoms with Crippen LogP contribution in [0.1, 0.15) is 8.22 Å². The maximum Gasteiger partial charge on any atom is 0.159 e. The molecule has 9 aromatic rings. The highest BCUT2D eigenvalue weighted by atomic mass is 16.3. The van der Waals surface area contributed by atoms with Gasteiger partial charge in [-0.2, -0.15) is 0 Å². The smallest absolute Gasteiger partial charge is 0.159 e. The number of fused-ring (bicyclic) bond motifs is 3. The van der Waals surface area contributed by atoms with Crippen LogP contribution in [0, 0.1) is 0 Å². The summed E-state index contributed by atoms with van der Waals surface area (Å²) in [6, 6.07) is 29.9. The van der Waals surface area contributed by atoms with Crippen molar-refractivity contribution in [1.29, 1.82) is 0 Å². The van der Waals surface area contributed by atoms with E-state index in [9.17, 15) is 0 Å². The van der Waals surface area contributed by atoms with Crippen LogP contribution in [0.5, 0.6) is 0 Å². The van der Waals surface area contributed by atoms with Gasteiger partial charge in [-0.05, 0) is 59.6 Å². The fourth-order valence-corrected chi connectivity index (χ4v) is 6.00. The zero-order valence-electron chi connectivity index (χ0n) is 26.5. The first-order valence-electron chi connectivity index (χ1n) is 15.8. The third-order valence-corrected chi connectivity index (χ3v) is 7.65. The average Bonchev–Trinajstić information content (AvgIpc) is 3.74. The minimum Gasteiger partial charge on any atom is -0.454 e. The van der Waals surface area contributed by atoms with Crippen LogP contribution in [-0.2, 0) is 0 Å². The molecule has 0 aliphatic heterocycles. The predicted molar refractivity (Wildman–Crippen MR) is 162 cm³/mol. The standard InChI is InChI=1S/C36H22N2O/c1-2-10-23(11-3-1)24-12-6-13-25(22-24)37-28-16-8-18-30-34(28)35-29(37)17-9-19-31(35)38(30)32-20-7-15-27-26-14-4-5-21-33(26)39-36(27)32/h1-22H/i8D,9D,16D,17D,18D,19D. The number of benzene rings is 6. The van der Waals surface area contributed by atoms with Crippen molar-refractivity contribution in [3.8, 4) is 22.5 Å². The van der Waals surface area contributed by atoms with E-state index in [1.807, 2.05) is 97.1 Å². The molecule has 0 aliphatic rings. The predicted octanol–water partition coefficient (Wildman–Crippen LogP) is 9.73. The third-order valence-electron chi connectivity index (χ3n) is 7.65. The van der Waals surface area contributed by atoms with Crippen LogP contribution in [0.15, 0.2) is 138 Å². The molecule has 39 heavy (non-hydrogen) atoms. The third kappa shape index (κ3) is 2.76. The van der Waals surface area contributed by atoms with Crippen LogP contribution in [-0.4, -0.2) is 9.13 Å². The van der Waals surface area contributed by atoms with E-state index in [2.05, 4.69) is 0 Å². The molecule has 0 radical (unpaired) electrons. The molecule has 6 aromatic carbocycles. The number of aromatic nitrogens is 2. The number of nitrogens with zero attached hydrogens (tertiary/aromatic N) is 2. The van der Waals surface area contributed by atoms with E-state index in [0.29, 0.717) is 55.4 Å². The monoisotopic (exact) mass is 504 g/mol. The summed E-state index contributed by atoms with van der Waals surface area (Å²) in [6.45, 7) is 0. The lowest BCUT2D eigenvalue weighted by Crippen LogP contribution is -1.98. The van der Waals surface area contributed by atoms with Gasteiger partial charge in [0, 0.05) is 27.2 Å². The molecule has 3 nitrogen and oxygen atoms in total. The van der Waals surface area contributed by atoms with Crippen molar-refractivity contribution < 1.29 is 12.6 Å². The minimum atomic E-state index is -0.259. The second kappa shape index (κ2) is 7.62. The highest BCUT2D eigenvalue weighted by Gasteiger charge is 2.23. The Kier molecular flexibility index (Phi) is 3.10. The van der Waals surface area contributed by atoms with Crippen molar-refractivity contribution in [2.24, 2.45) is 0 Å². The number of para-hydroxylation sites is 2. The summed E-state index contributed by atoms with van der Waals surface area (Å²) in [5, 5.41) is 2.83. The van der Waals surface area contributed by atoms with Gasteiger partial charge in [0.05, 0.1) is 36.0 Å². The van der Waals surface area contributed by atoms with Gasteiger partial charge in [-0.25, -0.2) is 0 Å². The topological polar surface area (TPSA) is 23.0 Å². The zero-order chi connectivity index (χ0) is 30.7. The Balaban J connectivity index is 1.49. The molecule has 0 saturated heterocycles. The Morgan fingerprint density at radius 3 is 1.92 bits per heavy atom. The van der Waals surface area contributed by atoms with Crippen molar-refractivity contribution in [2.45, 2.75) is 0 Å². The molecule has 3 heterocycles. The van der Waals surface area contributed by atoms with Crippen LogP contribution >= 0.6 is 0 Å². The van der Waals surface area contributed by atoms with E-state index in [0.717, 1.165) is 21.9 Å². The summed E-state index contributed by atoms with van der Waals surface area (Å²) in [6.07, 6.45) is 0. The van der Waals surface area contributed by atoms with Gasteiger partial charge in [0.1, 0.15) is 5.58 Å². The van der Waals surface area contributed by atoms with Gasteiger partial charge in [0.15, 0.2) is 5.58 Å². The van der Waals surface area contributed by atoms with Crippen molar-refractivity contribution in [2.75, 3.05) is 0 Å². The van der Waals surface area contributed by atoms with Gasteiger partial charge >= 0.3 is 0 Å². The molecular weight excluding hydrogens is 476 g/mol. The van der Waals surface area contributed by atoms with Gasteiger partial charge in [-0.1, -0.05) is 84.9 Å². The molecule has 9 rings (SSSR count). The molecule has 0 unspecified atom stereocenters. The zero-order valence-corrected chi connectivity index (χ0v) is 20.5. The first-order valence-corrected chi connectivity index (χ1v) is 12.8. The average molecular weight is 505 g/mol. The number of hydrogen-bond acceptors (Lipinski definition) is 1. The maximum absolute atomic E-state index is 9.15. The molecule has 0 fully saturated rings. The largest absolute Gasteiger partial charge is 0.454 e. The lowest BCUT2D eigenvalue weighted by molar-refractivity contribution is 0.666. The summed E-state index contributed by atoms with van der Waals surface area (Å²) in [5.74, 6) is 0. The Bertz CT molecular complexity index is 2580. The molecule has 0 bridgehead atoms. The van der Waals surface area contributed by atoms with E-state index in [4.69, 9.17) is 12.6 Å². The second-order valence-corrected chi connectivity index (χ2v) is 9.73. The van der Waals surface area contributed by atoms with Gasteiger partial charge in [0.2, 0.25) is 0 Å². The first-order chi connectivity index (χ1) is 21.9. The van der Waals surface area contributed by atoms with E-state index >= 15 is 0 Å². The van der Waals surface area contributed by atoms with Gasteiger partial charge in [-0.3, -0.25) is 0 Å². The Morgan fingerprint density at radius 2 is 1.15 bits per heavy atom. The summed E-state index contributed by atoms with van der Waals surface area (Å²) in [4.78, 5) is 0. The molecule has 0 spiro atoms.